The first-order chi connectivity index (χ1) is 5.86. The predicted molar refractivity (Wildman–Crippen MR) is 48.1 cm³/mol. The van der Waals surface area contributed by atoms with E-state index in [1.807, 2.05) is 17.9 Å². The minimum atomic E-state index is 0.687. The summed E-state index contributed by atoms with van der Waals surface area (Å²) >= 11 is 0. The molecular formula is C9H15N3. The van der Waals surface area contributed by atoms with Crippen LogP contribution in [0.3, 0.4) is 0 Å². The standard InChI is InChI=1S/C9H15N3/c1-12-7-9(6-11-12)8-3-2-4-10-5-8/h6-8,10H,2-5H2,1H3. The predicted octanol–water partition coefficient (Wildman–Crippen LogP) is 0.887. The van der Waals surface area contributed by atoms with E-state index in [0.29, 0.717) is 5.92 Å². The molecule has 0 saturated carbocycles. The summed E-state index contributed by atoms with van der Waals surface area (Å²) in [6.45, 7) is 2.29. The van der Waals surface area contributed by atoms with Crippen molar-refractivity contribution in [3.63, 3.8) is 0 Å². The van der Waals surface area contributed by atoms with Crippen molar-refractivity contribution >= 4 is 0 Å². The average Bonchev–Trinajstić information content (AvgIpc) is 2.54. The van der Waals surface area contributed by atoms with Crippen LogP contribution in [0.4, 0.5) is 0 Å². The van der Waals surface area contributed by atoms with E-state index in [4.69, 9.17) is 0 Å². The maximum absolute atomic E-state index is 4.18. The number of rotatable bonds is 1. The van der Waals surface area contributed by atoms with E-state index in [0.717, 1.165) is 6.54 Å². The van der Waals surface area contributed by atoms with Crippen LogP contribution in [0.15, 0.2) is 12.4 Å². The van der Waals surface area contributed by atoms with Crippen LogP contribution in [0.5, 0.6) is 0 Å². The first-order valence-electron chi connectivity index (χ1n) is 4.55. The van der Waals surface area contributed by atoms with Crippen LogP contribution in [-0.4, -0.2) is 22.9 Å². The van der Waals surface area contributed by atoms with Gasteiger partial charge in [0.25, 0.3) is 0 Å². The highest BCUT2D eigenvalue weighted by atomic mass is 15.2. The van der Waals surface area contributed by atoms with E-state index in [9.17, 15) is 0 Å². The molecule has 1 fully saturated rings. The van der Waals surface area contributed by atoms with E-state index in [1.165, 1.54) is 24.9 Å². The highest BCUT2D eigenvalue weighted by molar-refractivity contribution is 5.12. The minimum absolute atomic E-state index is 0.687. The second kappa shape index (κ2) is 3.27. The number of hydrogen-bond donors (Lipinski definition) is 1. The van der Waals surface area contributed by atoms with Crippen LogP contribution >= 0.6 is 0 Å². The molecule has 2 rings (SSSR count). The Morgan fingerprint density at radius 3 is 3.17 bits per heavy atom. The quantitative estimate of drug-likeness (QED) is 0.669. The van der Waals surface area contributed by atoms with Crippen LogP contribution in [0.25, 0.3) is 0 Å². The summed E-state index contributed by atoms with van der Waals surface area (Å²) in [4.78, 5) is 0. The normalized spacial score (nSPS) is 24.2. The Bertz CT molecular complexity index is 248. The Labute approximate surface area is 72.8 Å². The SMILES string of the molecule is Cn1cc(C2CCCNC2)cn1. The molecule has 1 aliphatic rings. The van der Waals surface area contributed by atoms with Gasteiger partial charge in [0.1, 0.15) is 0 Å². The number of aryl methyl sites for hydroxylation is 1. The summed E-state index contributed by atoms with van der Waals surface area (Å²) in [6, 6.07) is 0. The number of aromatic nitrogens is 2. The zero-order chi connectivity index (χ0) is 8.39. The maximum atomic E-state index is 4.18. The number of piperidine rings is 1. The van der Waals surface area contributed by atoms with Crippen LogP contribution in [0.2, 0.25) is 0 Å². The molecule has 0 aliphatic carbocycles. The summed E-state index contributed by atoms with van der Waals surface area (Å²) in [5.74, 6) is 0.687. The molecule has 1 aliphatic heterocycles. The molecule has 3 nitrogen and oxygen atoms in total. The van der Waals surface area contributed by atoms with Crippen LogP contribution < -0.4 is 5.32 Å². The van der Waals surface area contributed by atoms with E-state index in [-0.39, 0.29) is 0 Å². The van der Waals surface area contributed by atoms with Gasteiger partial charge in [-0.1, -0.05) is 0 Å². The third kappa shape index (κ3) is 1.50. The Morgan fingerprint density at radius 1 is 1.67 bits per heavy atom. The molecule has 1 unspecified atom stereocenters. The van der Waals surface area contributed by atoms with Gasteiger partial charge in [-0.3, -0.25) is 4.68 Å². The van der Waals surface area contributed by atoms with E-state index < -0.39 is 0 Å². The fourth-order valence-electron chi connectivity index (χ4n) is 1.79. The van der Waals surface area contributed by atoms with Crippen molar-refractivity contribution in [1.82, 2.24) is 15.1 Å². The van der Waals surface area contributed by atoms with E-state index in [2.05, 4.69) is 16.6 Å². The van der Waals surface area contributed by atoms with Gasteiger partial charge in [0.15, 0.2) is 0 Å². The molecule has 66 valence electrons. The van der Waals surface area contributed by atoms with Crippen LogP contribution in [0, 0.1) is 0 Å². The number of hydrogen-bond acceptors (Lipinski definition) is 2. The van der Waals surface area contributed by atoms with Gasteiger partial charge in [-0.05, 0) is 30.9 Å². The zero-order valence-corrected chi connectivity index (χ0v) is 7.45. The summed E-state index contributed by atoms with van der Waals surface area (Å²) in [7, 11) is 1.97. The molecule has 0 spiro atoms. The lowest BCUT2D eigenvalue weighted by Crippen LogP contribution is -2.28. The third-order valence-corrected chi connectivity index (χ3v) is 2.49. The molecule has 1 atom stereocenters. The fourth-order valence-corrected chi connectivity index (χ4v) is 1.79. The van der Waals surface area contributed by atoms with Crippen molar-refractivity contribution in [2.45, 2.75) is 18.8 Å². The lowest BCUT2D eigenvalue weighted by atomic mass is 9.94. The Hall–Kier alpha value is -0.830. The molecule has 0 bridgehead atoms. The second-order valence-corrected chi connectivity index (χ2v) is 3.49. The molecule has 0 radical (unpaired) electrons. The van der Waals surface area contributed by atoms with Crippen LogP contribution in [0.1, 0.15) is 24.3 Å². The Morgan fingerprint density at radius 2 is 2.58 bits per heavy atom. The summed E-state index contributed by atoms with van der Waals surface area (Å²) in [6.07, 6.45) is 6.70. The zero-order valence-electron chi connectivity index (χ0n) is 7.45. The Kier molecular flexibility index (Phi) is 2.13. The largest absolute Gasteiger partial charge is 0.316 e. The van der Waals surface area contributed by atoms with Gasteiger partial charge in [-0.25, -0.2) is 0 Å². The first-order valence-corrected chi connectivity index (χ1v) is 4.55. The molecular weight excluding hydrogens is 150 g/mol. The first kappa shape index (κ1) is 7.80. The monoisotopic (exact) mass is 165 g/mol. The molecule has 1 N–H and O–H groups in total. The Balaban J connectivity index is 2.08. The van der Waals surface area contributed by atoms with Gasteiger partial charge in [0.2, 0.25) is 0 Å². The smallest absolute Gasteiger partial charge is 0.0524 e. The average molecular weight is 165 g/mol. The second-order valence-electron chi connectivity index (χ2n) is 3.49. The summed E-state index contributed by atoms with van der Waals surface area (Å²) < 4.78 is 1.88. The van der Waals surface area contributed by atoms with Crippen molar-refractivity contribution in [3.8, 4) is 0 Å². The van der Waals surface area contributed by atoms with Gasteiger partial charge < -0.3 is 5.32 Å². The topological polar surface area (TPSA) is 29.9 Å². The fraction of sp³-hybridized carbons (Fsp3) is 0.667. The highest BCUT2D eigenvalue weighted by Gasteiger charge is 2.15. The van der Waals surface area contributed by atoms with Gasteiger partial charge in [0.05, 0.1) is 6.20 Å². The summed E-state index contributed by atoms with van der Waals surface area (Å²) in [5, 5.41) is 7.59. The molecule has 0 amide bonds. The molecule has 1 aromatic rings. The van der Waals surface area contributed by atoms with Crippen molar-refractivity contribution < 1.29 is 0 Å². The highest BCUT2D eigenvalue weighted by Crippen LogP contribution is 2.21. The molecule has 0 aromatic carbocycles. The van der Waals surface area contributed by atoms with E-state index in [1.54, 1.807) is 0 Å². The van der Waals surface area contributed by atoms with Crippen molar-refractivity contribution in [3.05, 3.63) is 18.0 Å². The van der Waals surface area contributed by atoms with Gasteiger partial charge in [-0.15, -0.1) is 0 Å². The summed E-state index contributed by atoms with van der Waals surface area (Å²) in [5.41, 5.74) is 1.38. The molecule has 1 aromatic heterocycles. The lowest BCUT2D eigenvalue weighted by molar-refractivity contribution is 0.461. The molecule has 12 heavy (non-hydrogen) atoms. The van der Waals surface area contributed by atoms with Gasteiger partial charge >= 0.3 is 0 Å². The van der Waals surface area contributed by atoms with Crippen molar-refractivity contribution in [1.29, 1.82) is 0 Å². The molecule has 2 heterocycles. The number of nitrogens with zero attached hydrogens (tertiary/aromatic N) is 2. The van der Waals surface area contributed by atoms with Crippen LogP contribution in [-0.2, 0) is 7.05 Å². The third-order valence-electron chi connectivity index (χ3n) is 2.49. The maximum Gasteiger partial charge on any atom is 0.0524 e. The van der Waals surface area contributed by atoms with E-state index >= 15 is 0 Å². The van der Waals surface area contributed by atoms with Crippen molar-refractivity contribution in [2.75, 3.05) is 13.1 Å². The van der Waals surface area contributed by atoms with Gasteiger partial charge in [-0.2, -0.15) is 5.10 Å². The lowest BCUT2D eigenvalue weighted by Gasteiger charge is -2.21. The molecule has 1 saturated heterocycles. The minimum Gasteiger partial charge on any atom is -0.316 e. The number of nitrogens with one attached hydrogen (secondary N) is 1. The van der Waals surface area contributed by atoms with Gasteiger partial charge in [0, 0.05) is 19.8 Å². The molecule has 3 heteroatoms. The van der Waals surface area contributed by atoms with Crippen molar-refractivity contribution in [2.24, 2.45) is 7.05 Å².